The number of pyridine rings is 1. The number of hydrogen-bond donors (Lipinski definition) is 5. The molecule has 0 saturated carbocycles. The van der Waals surface area contributed by atoms with Gasteiger partial charge in [0.25, 0.3) is 12.3 Å². The summed E-state index contributed by atoms with van der Waals surface area (Å²) in [6.07, 6.45) is -14.9. The molecule has 4 fully saturated rings. The van der Waals surface area contributed by atoms with Crippen LogP contribution in [0.3, 0.4) is 0 Å². The number of rotatable bonds is 20. The lowest BCUT2D eigenvalue weighted by Crippen LogP contribution is -2.74. The number of aliphatic hydroxyl groups excluding tert-OH is 1. The van der Waals surface area contributed by atoms with Gasteiger partial charge in [0, 0.05) is 72.9 Å². The van der Waals surface area contributed by atoms with E-state index in [1.807, 2.05) is 22.9 Å². The quantitative estimate of drug-likeness (QED) is 0.0386. The summed E-state index contributed by atoms with van der Waals surface area (Å²) in [5, 5.41) is 22.4. The molecular weight excluding hydrogens is 1090 g/mol. The summed E-state index contributed by atoms with van der Waals surface area (Å²) >= 11 is 0. The highest BCUT2D eigenvalue weighted by atomic mass is 19.4. The average molecular weight is 1160 g/mol. The molecule has 18 nitrogen and oxygen atoms in total. The minimum Gasteiger partial charge on any atom is -0.453 e. The number of nitrogens with zero attached hydrogens (tertiary/aromatic N) is 6. The van der Waals surface area contributed by atoms with E-state index in [0.717, 1.165) is 75.8 Å². The summed E-state index contributed by atoms with van der Waals surface area (Å²) in [6, 6.07) is 6.98. The Hall–Kier alpha value is -7.22. The molecule has 5 N–H and O–H groups in total. The van der Waals surface area contributed by atoms with Crippen LogP contribution in [0.1, 0.15) is 56.4 Å². The van der Waals surface area contributed by atoms with Gasteiger partial charge in [0.15, 0.2) is 0 Å². The van der Waals surface area contributed by atoms with Crippen molar-refractivity contribution in [3.63, 3.8) is 0 Å². The van der Waals surface area contributed by atoms with Gasteiger partial charge in [0.05, 0.1) is 62.1 Å². The molecule has 440 valence electrons. The number of aliphatic hydroxyl groups is 1. The van der Waals surface area contributed by atoms with E-state index < -0.39 is 121 Å². The Labute approximate surface area is 458 Å². The number of hydrazine groups is 1. The molecule has 6 atom stereocenters. The van der Waals surface area contributed by atoms with Crippen molar-refractivity contribution in [3.8, 4) is 23.1 Å². The molecule has 28 heteroatoms. The fourth-order valence-electron chi connectivity index (χ4n) is 9.54. The molecule has 2 unspecified atom stereocenters. The van der Waals surface area contributed by atoms with Crippen molar-refractivity contribution in [2.45, 2.75) is 115 Å². The number of methoxy groups -OCH3 is 2. The van der Waals surface area contributed by atoms with Gasteiger partial charge in [0.1, 0.15) is 36.1 Å². The molecule has 0 spiro atoms. The maximum atomic E-state index is 16.1. The van der Waals surface area contributed by atoms with Crippen LogP contribution in [0.25, 0.3) is 11.3 Å². The van der Waals surface area contributed by atoms with Crippen LogP contribution in [0.2, 0.25) is 0 Å². The van der Waals surface area contributed by atoms with Gasteiger partial charge in [-0.25, -0.2) is 37.1 Å². The highest BCUT2D eigenvalue weighted by molar-refractivity contribution is 5.87. The Bertz CT molecular complexity index is 2910. The van der Waals surface area contributed by atoms with Crippen LogP contribution in [-0.2, 0) is 43.3 Å². The summed E-state index contributed by atoms with van der Waals surface area (Å²) in [5.74, 6) is 0.870. The smallest absolute Gasteiger partial charge is 0.407 e. The van der Waals surface area contributed by atoms with Gasteiger partial charge in [-0.3, -0.25) is 24.6 Å². The summed E-state index contributed by atoms with van der Waals surface area (Å²) < 4.78 is 161. The third-order valence-corrected chi connectivity index (χ3v) is 14.7. The number of benzene rings is 2. The molecule has 2 bridgehead atoms. The molecule has 2 aromatic carbocycles. The number of alkyl carbamates (subject to hydrolysis) is 2. The number of nitrogens with one attached hydrogen (secondary N) is 4. The topological polar surface area (TPSA) is 205 Å². The number of carbonyl (C=O) groups is 4. The van der Waals surface area contributed by atoms with Crippen molar-refractivity contribution in [3.05, 3.63) is 101 Å². The molecule has 0 aliphatic carbocycles. The number of fused-ring (bicyclic) bond motifs is 2. The number of alkyl halides is 8. The summed E-state index contributed by atoms with van der Waals surface area (Å²) in [7, 11) is 1.61. The van der Waals surface area contributed by atoms with E-state index in [0.29, 0.717) is 62.0 Å². The molecule has 0 radical (unpaired) electrons. The molecule has 2 aromatic heterocycles. The second-order valence-corrected chi connectivity index (χ2v) is 21.0. The summed E-state index contributed by atoms with van der Waals surface area (Å²) in [5.41, 5.74) is -4.10. The number of aromatic nitrogens is 3. The van der Waals surface area contributed by atoms with Crippen molar-refractivity contribution >= 4 is 29.8 Å². The van der Waals surface area contributed by atoms with Gasteiger partial charge in [-0.15, -0.1) is 0 Å². The van der Waals surface area contributed by atoms with E-state index in [2.05, 4.69) is 46.5 Å². The van der Waals surface area contributed by atoms with Crippen molar-refractivity contribution in [1.82, 2.24) is 46.0 Å². The molecule has 4 aromatic rings. The first-order valence-electron chi connectivity index (χ1n) is 25.3. The lowest BCUT2D eigenvalue weighted by molar-refractivity contribution is -0.221. The SMILES string of the molecule is COC(=O)N[C@H](C(=O)N[C@@H](Cc1ccc(C#Cc2ccc(N3CC4CC(C3)N4C3COC3)nc2)cc1)[C@@H](O)CN(Cc1c(F)cc(-c2ccn(CC(F)F)n2)cc1F)NC(=O)[C@@H](NC(=O)OC)C(C)(C)C(F)(F)F)C(C)(C)C(F)(F)F. The summed E-state index contributed by atoms with van der Waals surface area (Å²) in [6.45, 7) is 2.37. The number of halogens is 10. The Morgan fingerprint density at radius 1 is 0.790 bits per heavy atom. The second-order valence-electron chi connectivity index (χ2n) is 21.0. The Balaban J connectivity index is 1.18. The number of hydrogen-bond acceptors (Lipinski definition) is 13. The predicted octanol–water partition coefficient (Wildman–Crippen LogP) is 6.10. The molecule has 6 heterocycles. The number of carbonyl (C=O) groups excluding carboxylic acids is 4. The van der Waals surface area contributed by atoms with Crippen LogP contribution in [0.15, 0.2) is 67.0 Å². The molecule has 4 amide bonds. The zero-order chi connectivity index (χ0) is 59.4. The number of piperazine rings is 1. The largest absolute Gasteiger partial charge is 0.453 e. The van der Waals surface area contributed by atoms with Crippen LogP contribution in [0.4, 0.5) is 59.3 Å². The molecule has 8 rings (SSSR count). The fraction of sp³-hybridized carbons (Fsp3) is 0.509. The van der Waals surface area contributed by atoms with Gasteiger partial charge in [-0.05, 0) is 88.6 Å². The number of ether oxygens (including phenoxy) is 3. The highest BCUT2D eigenvalue weighted by Crippen LogP contribution is 2.42. The first-order valence-corrected chi connectivity index (χ1v) is 25.3. The minimum atomic E-state index is -5.23. The molecule has 4 aliphatic heterocycles. The Morgan fingerprint density at radius 2 is 1.35 bits per heavy atom. The maximum Gasteiger partial charge on any atom is 0.407 e. The van der Waals surface area contributed by atoms with Crippen molar-refractivity contribution < 1.29 is 82.4 Å². The molecule has 4 aliphatic rings. The van der Waals surface area contributed by atoms with Gasteiger partial charge < -0.3 is 40.2 Å². The van der Waals surface area contributed by atoms with Gasteiger partial charge in [-0.1, -0.05) is 24.0 Å². The van der Waals surface area contributed by atoms with E-state index in [1.54, 1.807) is 23.6 Å². The normalized spacial score (nSPS) is 18.3. The highest BCUT2D eigenvalue weighted by Gasteiger charge is 2.57. The van der Waals surface area contributed by atoms with E-state index in [-0.39, 0.29) is 16.8 Å². The predicted molar refractivity (Wildman–Crippen MR) is 270 cm³/mol. The third-order valence-electron chi connectivity index (χ3n) is 14.7. The van der Waals surface area contributed by atoms with Crippen molar-refractivity contribution in [2.24, 2.45) is 10.8 Å². The van der Waals surface area contributed by atoms with Crippen molar-refractivity contribution in [2.75, 3.05) is 52.0 Å². The van der Waals surface area contributed by atoms with E-state index in [1.165, 1.54) is 18.2 Å². The molecule has 4 saturated heterocycles. The van der Waals surface area contributed by atoms with Crippen LogP contribution in [-0.4, -0.2) is 162 Å². The monoisotopic (exact) mass is 1150 g/mol. The summed E-state index contributed by atoms with van der Waals surface area (Å²) in [4.78, 5) is 62.3. The van der Waals surface area contributed by atoms with Crippen LogP contribution in [0, 0.1) is 34.3 Å². The maximum absolute atomic E-state index is 16.1. The van der Waals surface area contributed by atoms with Gasteiger partial charge in [-0.2, -0.15) is 31.4 Å². The standard InChI is InChI=1S/C53H60F10N10O8/c1-50(2,52(58,59)60)44(66-48(77)79-5)46(75)65-40(17-30-10-7-29(8-11-30)9-12-31-13-14-43(64-21-31)70-22-33-20-34(23-70)73(33)35-27-81-28-35)41(74)25-72(69-47(76)45(67-49(78)80-6)51(3,4)53(61,62)63)24-36-37(54)18-32(19-38(36)55)39-15-16-71(68-39)26-42(56)57/h7-8,10-11,13-16,18-19,21,33-35,40-42,44-45,74H,17,20,22-28H2,1-6H3,(H,65,75)(H,66,77)(H,67,78)(H,69,76)/t33?,34?,40-,41-,44+,45+/m0/s1. The molecule has 81 heavy (non-hydrogen) atoms. The Morgan fingerprint density at radius 3 is 1.85 bits per heavy atom. The van der Waals surface area contributed by atoms with E-state index >= 15 is 8.78 Å². The van der Waals surface area contributed by atoms with Crippen molar-refractivity contribution in [1.29, 1.82) is 0 Å². The van der Waals surface area contributed by atoms with Crippen LogP contribution < -0.4 is 26.3 Å². The zero-order valence-electron chi connectivity index (χ0n) is 44.6. The third kappa shape index (κ3) is 14.5. The number of anilines is 1. The number of amides is 4. The van der Waals surface area contributed by atoms with Crippen LogP contribution >= 0.6 is 0 Å². The Kier molecular flexibility index (Phi) is 18.9. The lowest BCUT2D eigenvalue weighted by Gasteiger charge is -2.60. The van der Waals surface area contributed by atoms with Gasteiger partial charge >= 0.3 is 24.5 Å². The second kappa shape index (κ2) is 24.9. The average Bonchev–Trinajstić information content (AvgIpc) is 3.86. The first-order chi connectivity index (χ1) is 38.0. The zero-order valence-corrected chi connectivity index (χ0v) is 44.6. The minimum absolute atomic E-state index is 0.155. The first kappa shape index (κ1) is 61.4. The van der Waals surface area contributed by atoms with Crippen LogP contribution in [0.5, 0.6) is 0 Å². The number of piperidine rings is 1. The van der Waals surface area contributed by atoms with E-state index in [4.69, 9.17) is 4.74 Å². The lowest BCUT2D eigenvalue weighted by atomic mass is 9.82. The van der Waals surface area contributed by atoms with Gasteiger partial charge in [0.2, 0.25) is 5.91 Å². The fourth-order valence-corrected chi connectivity index (χ4v) is 9.54. The molecular formula is C53H60F10N10O8. The van der Waals surface area contributed by atoms with E-state index in [9.17, 15) is 59.4 Å².